The molecule has 0 radical (unpaired) electrons. The molecule has 1 heterocycles. The van der Waals surface area contributed by atoms with Gasteiger partial charge in [-0.1, -0.05) is 35.8 Å². The largest absolute Gasteiger partial charge is 0.327 e. The van der Waals surface area contributed by atoms with Gasteiger partial charge in [-0.15, -0.1) is 0 Å². The van der Waals surface area contributed by atoms with Crippen molar-refractivity contribution in [3.05, 3.63) is 45.2 Å². The Bertz CT molecular complexity index is 631. The third-order valence-corrected chi connectivity index (χ3v) is 4.82. The first kappa shape index (κ1) is 16.2. The van der Waals surface area contributed by atoms with Gasteiger partial charge in [0.15, 0.2) is 0 Å². The van der Waals surface area contributed by atoms with Crippen LogP contribution in [0, 0.1) is 13.8 Å². The third kappa shape index (κ3) is 3.38. The lowest BCUT2D eigenvalue weighted by Gasteiger charge is -2.12. The molecular formula is C17H24BrN3. The highest BCUT2D eigenvalue weighted by molar-refractivity contribution is 9.10. The summed E-state index contributed by atoms with van der Waals surface area (Å²) in [6.07, 6.45) is 2.91. The first-order chi connectivity index (χ1) is 9.97. The second-order valence-electron chi connectivity index (χ2n) is 5.56. The average Bonchev–Trinajstić information content (AvgIpc) is 2.75. The van der Waals surface area contributed by atoms with Gasteiger partial charge in [0.2, 0.25) is 0 Å². The van der Waals surface area contributed by atoms with Crippen LogP contribution in [0.25, 0.3) is 5.69 Å². The van der Waals surface area contributed by atoms with Crippen LogP contribution in [0.2, 0.25) is 0 Å². The zero-order valence-electron chi connectivity index (χ0n) is 13.3. The van der Waals surface area contributed by atoms with Crippen molar-refractivity contribution in [3.8, 4) is 5.69 Å². The summed E-state index contributed by atoms with van der Waals surface area (Å²) in [7, 11) is 0. The zero-order valence-corrected chi connectivity index (χ0v) is 14.9. The van der Waals surface area contributed by atoms with Gasteiger partial charge in [-0.25, -0.2) is 4.68 Å². The van der Waals surface area contributed by atoms with Crippen LogP contribution in [-0.2, 0) is 12.8 Å². The standard InChI is InChI=1S/C17H24BrN3/c1-5-14(19)9-13-7-8-15(10-17(13)18)21-12(4)16(6-2)11(3)20-21/h7-8,10,14H,5-6,9,19H2,1-4H3. The Morgan fingerprint density at radius 2 is 2.00 bits per heavy atom. The SMILES string of the molecule is CCc1c(C)nn(-c2ccc(CC(N)CC)c(Br)c2)c1C. The number of benzene rings is 1. The number of rotatable bonds is 5. The molecule has 1 atom stereocenters. The van der Waals surface area contributed by atoms with Crippen LogP contribution in [-0.4, -0.2) is 15.8 Å². The fraction of sp³-hybridized carbons (Fsp3) is 0.471. The average molecular weight is 350 g/mol. The fourth-order valence-corrected chi connectivity index (χ4v) is 3.23. The van der Waals surface area contributed by atoms with Crippen LogP contribution >= 0.6 is 15.9 Å². The van der Waals surface area contributed by atoms with Crippen LogP contribution in [0.3, 0.4) is 0 Å². The molecule has 4 heteroatoms. The van der Waals surface area contributed by atoms with E-state index < -0.39 is 0 Å². The van der Waals surface area contributed by atoms with Gasteiger partial charge in [0.05, 0.1) is 11.4 Å². The van der Waals surface area contributed by atoms with Gasteiger partial charge in [-0.2, -0.15) is 5.10 Å². The van der Waals surface area contributed by atoms with E-state index in [1.165, 1.54) is 16.8 Å². The Kier molecular flexibility index (Phi) is 5.22. The third-order valence-electron chi connectivity index (χ3n) is 4.08. The number of aryl methyl sites for hydroxylation is 1. The predicted molar refractivity (Wildman–Crippen MR) is 92.1 cm³/mol. The Labute approximate surface area is 135 Å². The molecule has 0 saturated carbocycles. The molecule has 0 spiro atoms. The lowest BCUT2D eigenvalue weighted by Crippen LogP contribution is -2.21. The van der Waals surface area contributed by atoms with Crippen LogP contribution in [0.1, 0.15) is 42.8 Å². The summed E-state index contributed by atoms with van der Waals surface area (Å²) in [5.74, 6) is 0. The molecule has 114 valence electrons. The molecule has 0 fully saturated rings. The molecule has 21 heavy (non-hydrogen) atoms. The van der Waals surface area contributed by atoms with Crippen molar-refractivity contribution in [2.24, 2.45) is 5.73 Å². The maximum Gasteiger partial charge on any atom is 0.0660 e. The molecule has 0 aliphatic rings. The van der Waals surface area contributed by atoms with Gasteiger partial charge in [0.25, 0.3) is 0 Å². The Morgan fingerprint density at radius 3 is 2.52 bits per heavy atom. The summed E-state index contributed by atoms with van der Waals surface area (Å²) in [4.78, 5) is 0. The van der Waals surface area contributed by atoms with Gasteiger partial charge in [0, 0.05) is 16.2 Å². The van der Waals surface area contributed by atoms with Crippen LogP contribution in [0.4, 0.5) is 0 Å². The van der Waals surface area contributed by atoms with Gasteiger partial charge < -0.3 is 5.73 Å². The highest BCUT2D eigenvalue weighted by atomic mass is 79.9. The summed E-state index contributed by atoms with van der Waals surface area (Å²) in [6.45, 7) is 8.50. The van der Waals surface area contributed by atoms with Crippen LogP contribution < -0.4 is 5.73 Å². The van der Waals surface area contributed by atoms with Gasteiger partial charge in [-0.05, 0) is 56.4 Å². The van der Waals surface area contributed by atoms with Gasteiger partial charge >= 0.3 is 0 Å². The molecule has 2 aromatic rings. The topological polar surface area (TPSA) is 43.8 Å². The Morgan fingerprint density at radius 1 is 1.29 bits per heavy atom. The molecule has 0 aliphatic heterocycles. The number of aromatic nitrogens is 2. The highest BCUT2D eigenvalue weighted by Gasteiger charge is 2.13. The monoisotopic (exact) mass is 349 g/mol. The number of hydrogen-bond donors (Lipinski definition) is 1. The minimum absolute atomic E-state index is 0.215. The number of nitrogens with zero attached hydrogens (tertiary/aromatic N) is 2. The van der Waals surface area contributed by atoms with Gasteiger partial charge in [-0.3, -0.25) is 0 Å². The van der Waals surface area contributed by atoms with Crippen LogP contribution in [0.15, 0.2) is 22.7 Å². The molecule has 0 amide bonds. The van der Waals surface area contributed by atoms with E-state index in [0.29, 0.717) is 0 Å². The molecule has 0 aliphatic carbocycles. The number of hydrogen-bond acceptors (Lipinski definition) is 2. The van der Waals surface area contributed by atoms with Crippen molar-refractivity contribution in [2.45, 2.75) is 53.0 Å². The molecule has 2 rings (SSSR count). The second kappa shape index (κ2) is 6.75. The Balaban J connectivity index is 2.36. The van der Waals surface area contributed by atoms with Crippen molar-refractivity contribution >= 4 is 15.9 Å². The van der Waals surface area contributed by atoms with Crippen molar-refractivity contribution < 1.29 is 0 Å². The maximum atomic E-state index is 6.05. The Hall–Kier alpha value is -1.13. The first-order valence-corrected chi connectivity index (χ1v) is 8.36. The van der Waals surface area contributed by atoms with E-state index in [1.807, 2.05) is 4.68 Å². The predicted octanol–water partition coefficient (Wildman–Crippen LogP) is 4.09. The highest BCUT2D eigenvalue weighted by Crippen LogP contribution is 2.24. The molecule has 3 nitrogen and oxygen atoms in total. The molecular weight excluding hydrogens is 326 g/mol. The minimum Gasteiger partial charge on any atom is -0.327 e. The molecule has 0 saturated heterocycles. The number of nitrogens with two attached hydrogens (primary N) is 1. The molecule has 1 aromatic carbocycles. The second-order valence-corrected chi connectivity index (χ2v) is 6.42. The summed E-state index contributed by atoms with van der Waals surface area (Å²) in [6, 6.07) is 6.63. The first-order valence-electron chi connectivity index (χ1n) is 7.57. The van der Waals surface area contributed by atoms with E-state index in [9.17, 15) is 0 Å². The van der Waals surface area contributed by atoms with Crippen molar-refractivity contribution in [1.82, 2.24) is 9.78 Å². The van der Waals surface area contributed by atoms with Crippen LogP contribution in [0.5, 0.6) is 0 Å². The summed E-state index contributed by atoms with van der Waals surface area (Å²) in [5, 5.41) is 4.67. The van der Waals surface area contributed by atoms with E-state index in [0.717, 1.165) is 35.1 Å². The number of halogens is 1. The normalized spacial score (nSPS) is 12.7. The van der Waals surface area contributed by atoms with E-state index in [2.05, 4.69) is 66.9 Å². The van der Waals surface area contributed by atoms with Crippen molar-refractivity contribution in [2.75, 3.05) is 0 Å². The van der Waals surface area contributed by atoms with E-state index in [-0.39, 0.29) is 6.04 Å². The lowest BCUT2D eigenvalue weighted by atomic mass is 10.0. The summed E-state index contributed by atoms with van der Waals surface area (Å²) >= 11 is 3.67. The molecule has 0 bridgehead atoms. The van der Waals surface area contributed by atoms with E-state index in [4.69, 9.17) is 5.73 Å². The molecule has 1 unspecified atom stereocenters. The fourth-order valence-electron chi connectivity index (χ4n) is 2.70. The van der Waals surface area contributed by atoms with E-state index in [1.54, 1.807) is 0 Å². The summed E-state index contributed by atoms with van der Waals surface area (Å²) < 4.78 is 3.14. The smallest absolute Gasteiger partial charge is 0.0660 e. The molecule has 2 N–H and O–H groups in total. The quantitative estimate of drug-likeness (QED) is 0.883. The van der Waals surface area contributed by atoms with Crippen molar-refractivity contribution in [3.63, 3.8) is 0 Å². The summed E-state index contributed by atoms with van der Waals surface area (Å²) in [5.41, 5.74) is 12.1. The van der Waals surface area contributed by atoms with E-state index >= 15 is 0 Å². The maximum absolute atomic E-state index is 6.05. The molecule has 1 aromatic heterocycles. The zero-order chi connectivity index (χ0) is 15.6. The minimum atomic E-state index is 0.215. The lowest BCUT2D eigenvalue weighted by molar-refractivity contribution is 0.645. The van der Waals surface area contributed by atoms with Crippen molar-refractivity contribution in [1.29, 1.82) is 0 Å². The van der Waals surface area contributed by atoms with Gasteiger partial charge in [0.1, 0.15) is 0 Å².